The van der Waals surface area contributed by atoms with E-state index in [1.54, 1.807) is 5.56 Å². The van der Waals surface area contributed by atoms with Gasteiger partial charge in [0.2, 0.25) is 0 Å². The highest BCUT2D eigenvalue weighted by atomic mass is 15.2. The first kappa shape index (κ1) is 14.1. The molecule has 1 unspecified atom stereocenters. The molecule has 3 rings (SSSR count). The molecule has 0 radical (unpaired) electrons. The summed E-state index contributed by atoms with van der Waals surface area (Å²) in [6, 6.07) is 10.2. The number of hydrogen-bond donors (Lipinski definition) is 1. The molecule has 1 atom stereocenters. The third-order valence-electron chi connectivity index (χ3n) is 5.02. The quantitative estimate of drug-likeness (QED) is 0.884. The van der Waals surface area contributed by atoms with Crippen molar-refractivity contribution in [2.75, 3.05) is 19.6 Å². The summed E-state index contributed by atoms with van der Waals surface area (Å²) in [7, 11) is 0. The van der Waals surface area contributed by atoms with E-state index in [1.165, 1.54) is 50.9 Å². The zero-order valence-corrected chi connectivity index (χ0v) is 12.9. The second kappa shape index (κ2) is 6.28. The fourth-order valence-corrected chi connectivity index (χ4v) is 3.86. The molecule has 0 spiro atoms. The van der Waals surface area contributed by atoms with Crippen LogP contribution in [0, 0.1) is 6.92 Å². The summed E-state index contributed by atoms with van der Waals surface area (Å²) in [6.07, 6.45) is 5.42. The predicted molar refractivity (Wildman–Crippen MR) is 85.2 cm³/mol. The van der Waals surface area contributed by atoms with Crippen molar-refractivity contribution in [3.05, 3.63) is 35.4 Å². The first-order valence-electron chi connectivity index (χ1n) is 8.26. The Morgan fingerprint density at radius 3 is 2.60 bits per heavy atom. The van der Waals surface area contributed by atoms with E-state index >= 15 is 0 Å². The van der Waals surface area contributed by atoms with Gasteiger partial charge < -0.3 is 10.2 Å². The molecule has 2 heteroatoms. The molecule has 1 aromatic carbocycles. The third-order valence-corrected chi connectivity index (χ3v) is 5.02. The number of hydrogen-bond acceptors (Lipinski definition) is 2. The Labute approximate surface area is 123 Å². The van der Waals surface area contributed by atoms with Crippen molar-refractivity contribution >= 4 is 0 Å². The smallest absolute Gasteiger partial charge is 0.0169 e. The van der Waals surface area contributed by atoms with Crippen LogP contribution in [0.15, 0.2) is 24.3 Å². The van der Waals surface area contributed by atoms with Gasteiger partial charge in [-0.3, -0.25) is 0 Å². The van der Waals surface area contributed by atoms with Crippen LogP contribution in [-0.2, 0) is 0 Å². The Morgan fingerprint density at radius 2 is 1.90 bits per heavy atom. The summed E-state index contributed by atoms with van der Waals surface area (Å²) in [6.45, 7) is 8.43. The molecule has 0 amide bonds. The molecule has 1 aliphatic heterocycles. The Balaban J connectivity index is 1.42. The van der Waals surface area contributed by atoms with Gasteiger partial charge >= 0.3 is 0 Å². The first-order valence-corrected chi connectivity index (χ1v) is 8.26. The third kappa shape index (κ3) is 3.24. The standard InChI is InChI=1S/C18H28N2/c1-14-7-3-4-8-18(14)16-11-17(12-16)19-15(2)13-20-9-5-6-10-20/h3-4,7-8,15-17,19H,5-6,9-13H2,1-2H3. The molecule has 20 heavy (non-hydrogen) atoms. The number of likely N-dealkylation sites (tertiary alicyclic amines) is 1. The van der Waals surface area contributed by atoms with Gasteiger partial charge in [-0.25, -0.2) is 0 Å². The van der Waals surface area contributed by atoms with Crippen LogP contribution in [0.3, 0.4) is 0 Å². The second-order valence-corrected chi connectivity index (χ2v) is 6.80. The van der Waals surface area contributed by atoms with Crippen molar-refractivity contribution in [1.82, 2.24) is 10.2 Å². The average Bonchev–Trinajstić information content (AvgIpc) is 2.87. The van der Waals surface area contributed by atoms with Crippen molar-refractivity contribution < 1.29 is 0 Å². The zero-order chi connectivity index (χ0) is 13.9. The number of aryl methyl sites for hydroxylation is 1. The Hall–Kier alpha value is -0.860. The molecule has 1 aliphatic carbocycles. The predicted octanol–water partition coefficient (Wildman–Crippen LogP) is 3.31. The van der Waals surface area contributed by atoms with Crippen LogP contribution in [0.4, 0.5) is 0 Å². The van der Waals surface area contributed by atoms with Crippen LogP contribution in [0.1, 0.15) is 49.7 Å². The summed E-state index contributed by atoms with van der Waals surface area (Å²) < 4.78 is 0. The zero-order valence-electron chi connectivity index (χ0n) is 12.9. The first-order chi connectivity index (χ1) is 9.72. The maximum absolute atomic E-state index is 3.82. The van der Waals surface area contributed by atoms with E-state index in [4.69, 9.17) is 0 Å². The van der Waals surface area contributed by atoms with Crippen LogP contribution in [0.2, 0.25) is 0 Å². The van der Waals surface area contributed by atoms with Crippen LogP contribution in [0.5, 0.6) is 0 Å². The summed E-state index contributed by atoms with van der Waals surface area (Å²) in [5.41, 5.74) is 3.03. The number of nitrogens with zero attached hydrogens (tertiary/aromatic N) is 1. The van der Waals surface area contributed by atoms with E-state index in [0.29, 0.717) is 6.04 Å². The minimum absolute atomic E-state index is 0.635. The van der Waals surface area contributed by atoms with Gasteiger partial charge in [0.15, 0.2) is 0 Å². The maximum atomic E-state index is 3.82. The van der Waals surface area contributed by atoms with Crippen LogP contribution in [-0.4, -0.2) is 36.6 Å². The summed E-state index contributed by atoms with van der Waals surface area (Å²) in [4.78, 5) is 2.61. The van der Waals surface area contributed by atoms with Gasteiger partial charge in [-0.1, -0.05) is 24.3 Å². The van der Waals surface area contributed by atoms with E-state index in [1.807, 2.05) is 0 Å². The molecule has 2 aliphatic rings. The van der Waals surface area contributed by atoms with Gasteiger partial charge in [-0.2, -0.15) is 0 Å². The lowest BCUT2D eigenvalue weighted by Crippen LogP contribution is -2.48. The molecule has 1 saturated carbocycles. The highest BCUT2D eigenvalue weighted by Crippen LogP contribution is 2.38. The SMILES string of the molecule is Cc1ccccc1C1CC(NC(C)CN2CCCC2)C1. The summed E-state index contributed by atoms with van der Waals surface area (Å²) in [5, 5.41) is 3.82. The molecule has 1 aromatic rings. The van der Waals surface area contributed by atoms with Crippen LogP contribution in [0.25, 0.3) is 0 Å². The van der Waals surface area contributed by atoms with Gasteiger partial charge in [-0.05, 0) is 69.7 Å². The average molecular weight is 272 g/mol. The summed E-state index contributed by atoms with van der Waals surface area (Å²) >= 11 is 0. The highest BCUT2D eigenvalue weighted by Gasteiger charge is 2.31. The van der Waals surface area contributed by atoms with E-state index < -0.39 is 0 Å². The topological polar surface area (TPSA) is 15.3 Å². The number of nitrogens with one attached hydrogen (secondary N) is 1. The van der Waals surface area contributed by atoms with Crippen molar-refractivity contribution in [2.24, 2.45) is 0 Å². The monoisotopic (exact) mass is 272 g/mol. The molecule has 1 saturated heterocycles. The minimum atomic E-state index is 0.635. The van der Waals surface area contributed by atoms with Gasteiger partial charge in [0, 0.05) is 18.6 Å². The van der Waals surface area contributed by atoms with Crippen LogP contribution < -0.4 is 5.32 Å². The molecule has 1 N–H and O–H groups in total. The van der Waals surface area contributed by atoms with E-state index in [-0.39, 0.29) is 0 Å². The summed E-state index contributed by atoms with van der Waals surface area (Å²) in [5.74, 6) is 0.785. The van der Waals surface area contributed by atoms with Crippen molar-refractivity contribution in [1.29, 1.82) is 0 Å². The Morgan fingerprint density at radius 1 is 1.20 bits per heavy atom. The molecule has 1 heterocycles. The van der Waals surface area contributed by atoms with Gasteiger partial charge in [0.25, 0.3) is 0 Å². The molecular formula is C18H28N2. The Bertz CT molecular complexity index is 431. The van der Waals surface area contributed by atoms with E-state index in [0.717, 1.165) is 12.0 Å². The largest absolute Gasteiger partial charge is 0.310 e. The molecule has 0 aromatic heterocycles. The fraction of sp³-hybridized carbons (Fsp3) is 0.667. The lowest BCUT2D eigenvalue weighted by molar-refractivity contribution is 0.231. The molecule has 2 nitrogen and oxygen atoms in total. The van der Waals surface area contributed by atoms with Gasteiger partial charge in [-0.15, -0.1) is 0 Å². The number of benzene rings is 1. The molecule has 0 bridgehead atoms. The fourth-order valence-electron chi connectivity index (χ4n) is 3.86. The maximum Gasteiger partial charge on any atom is 0.0169 e. The van der Waals surface area contributed by atoms with Crippen molar-refractivity contribution in [3.8, 4) is 0 Å². The normalized spacial score (nSPS) is 28.3. The Kier molecular flexibility index (Phi) is 4.42. The second-order valence-electron chi connectivity index (χ2n) is 6.80. The van der Waals surface area contributed by atoms with Crippen molar-refractivity contribution in [3.63, 3.8) is 0 Å². The van der Waals surface area contributed by atoms with Gasteiger partial charge in [0.05, 0.1) is 0 Å². The van der Waals surface area contributed by atoms with Gasteiger partial charge in [0.1, 0.15) is 0 Å². The number of rotatable bonds is 5. The molecule has 110 valence electrons. The lowest BCUT2D eigenvalue weighted by atomic mass is 9.74. The lowest BCUT2D eigenvalue weighted by Gasteiger charge is -2.39. The molecular weight excluding hydrogens is 244 g/mol. The minimum Gasteiger partial charge on any atom is -0.310 e. The van der Waals surface area contributed by atoms with Crippen molar-refractivity contribution in [2.45, 2.75) is 57.5 Å². The van der Waals surface area contributed by atoms with E-state index in [2.05, 4.69) is 48.3 Å². The highest BCUT2D eigenvalue weighted by molar-refractivity contribution is 5.31. The van der Waals surface area contributed by atoms with E-state index in [9.17, 15) is 0 Å². The molecule has 2 fully saturated rings. The van der Waals surface area contributed by atoms with Crippen LogP contribution >= 0.6 is 0 Å².